The zero-order chi connectivity index (χ0) is 5.21. The monoisotopic (exact) mass is 186 g/mol. The minimum Gasteiger partial charge on any atom is -0.133 e. The lowest BCUT2D eigenvalue weighted by Gasteiger charge is -2.07. The van der Waals surface area contributed by atoms with Gasteiger partial charge in [0.1, 0.15) is 8.14 Å². The second-order valence-corrected chi connectivity index (χ2v) is 7.04. The number of halogens is 2. The van der Waals surface area contributed by atoms with Crippen molar-refractivity contribution in [3.8, 4) is 0 Å². The third kappa shape index (κ3) is 4.99. The summed E-state index contributed by atoms with van der Waals surface area (Å²) >= 11 is 9.11. The van der Waals surface area contributed by atoms with E-state index in [1.807, 2.05) is 13.8 Å². The second-order valence-electron chi connectivity index (χ2n) is 1.85. The highest BCUT2D eigenvalue weighted by molar-refractivity contribution is 9.23. The molecule has 0 nitrogen and oxygen atoms in total. The van der Waals surface area contributed by atoms with Crippen molar-refractivity contribution in [1.82, 2.24) is 0 Å². The van der Waals surface area contributed by atoms with Crippen LogP contribution in [0.1, 0.15) is 13.8 Å². The van der Waals surface area contributed by atoms with Crippen LogP contribution in [0.5, 0.6) is 0 Å². The van der Waals surface area contributed by atoms with Crippen LogP contribution in [0.25, 0.3) is 0 Å². The Morgan fingerprint density at radius 1 is 1.67 bits per heavy atom. The standard InChI is InChI=1S/C3H8BrClSi/c1-3(2,5)6-4/h6H2,1-2H3. The van der Waals surface area contributed by atoms with E-state index in [9.17, 15) is 0 Å². The van der Waals surface area contributed by atoms with E-state index < -0.39 is 0 Å². The molecular weight excluding hydrogens is 179 g/mol. The molecule has 0 unspecified atom stereocenters. The SMILES string of the molecule is CC(C)(Cl)[SiH2]Br. The summed E-state index contributed by atoms with van der Waals surface area (Å²) in [4.78, 5) is 0. The molecule has 0 aliphatic heterocycles. The van der Waals surface area contributed by atoms with Gasteiger partial charge < -0.3 is 0 Å². The van der Waals surface area contributed by atoms with Crippen molar-refractivity contribution >= 4 is 35.0 Å². The van der Waals surface area contributed by atoms with Crippen LogP contribution in [-0.2, 0) is 0 Å². The first-order chi connectivity index (χ1) is 2.56. The average Bonchev–Trinajstić information content (AvgIpc) is 1.35. The molecule has 0 saturated heterocycles. The number of hydrogen-bond donors (Lipinski definition) is 0. The molecular formula is C3H8BrClSi. The van der Waals surface area contributed by atoms with E-state index >= 15 is 0 Å². The highest BCUT2D eigenvalue weighted by Crippen LogP contribution is 2.11. The zero-order valence-electron chi connectivity index (χ0n) is 3.96. The van der Waals surface area contributed by atoms with Gasteiger partial charge in [0.2, 0.25) is 0 Å². The predicted octanol–water partition coefficient (Wildman–Crippen LogP) is 1.44. The summed E-state index contributed by atoms with van der Waals surface area (Å²) in [6.07, 6.45) is 0. The van der Waals surface area contributed by atoms with Gasteiger partial charge in [-0.1, -0.05) is 0 Å². The van der Waals surface area contributed by atoms with Crippen LogP contribution in [0, 0.1) is 0 Å². The van der Waals surface area contributed by atoms with Crippen molar-refractivity contribution in [3.63, 3.8) is 0 Å². The molecule has 0 N–H and O–H groups in total. The van der Waals surface area contributed by atoms with Crippen LogP contribution >= 0.6 is 26.9 Å². The largest absolute Gasteiger partial charge is 0.133 e. The first-order valence-corrected chi connectivity index (χ1v) is 6.79. The molecule has 0 atom stereocenters. The maximum atomic E-state index is 5.73. The summed E-state index contributed by atoms with van der Waals surface area (Å²) in [6, 6.07) is 0. The number of hydrogen-bond acceptors (Lipinski definition) is 0. The fourth-order valence-corrected chi connectivity index (χ4v) is 0. The molecule has 0 aliphatic rings. The average molecular weight is 188 g/mol. The topological polar surface area (TPSA) is 0 Å². The van der Waals surface area contributed by atoms with E-state index in [0.29, 0.717) is 0 Å². The lowest BCUT2D eigenvalue weighted by Crippen LogP contribution is -2.14. The molecule has 0 saturated carbocycles. The molecule has 3 heteroatoms. The summed E-state index contributed by atoms with van der Waals surface area (Å²) in [6.45, 7) is 4.05. The molecule has 0 aromatic heterocycles. The highest BCUT2D eigenvalue weighted by atomic mass is 79.9. The van der Waals surface area contributed by atoms with E-state index in [-0.39, 0.29) is 12.6 Å². The molecule has 0 spiro atoms. The maximum absolute atomic E-state index is 5.73. The van der Waals surface area contributed by atoms with Crippen molar-refractivity contribution in [2.45, 2.75) is 18.3 Å². The van der Waals surface area contributed by atoms with E-state index in [4.69, 9.17) is 11.6 Å². The summed E-state index contributed by atoms with van der Waals surface area (Å²) in [5.74, 6) is 0. The van der Waals surface area contributed by atoms with E-state index in [0.717, 1.165) is 0 Å². The Balaban J connectivity index is 3.17. The summed E-state index contributed by atoms with van der Waals surface area (Å²) in [5, 5.41) is 0. The Morgan fingerprint density at radius 2 is 1.83 bits per heavy atom. The third-order valence-electron chi connectivity index (χ3n) is 0.318. The van der Waals surface area contributed by atoms with Crippen LogP contribution in [0.15, 0.2) is 0 Å². The molecule has 38 valence electrons. The van der Waals surface area contributed by atoms with Gasteiger partial charge in [-0.2, -0.15) is 0 Å². The minimum atomic E-state index is -0.170. The molecule has 0 bridgehead atoms. The lowest BCUT2D eigenvalue weighted by atomic mass is 10.5. The van der Waals surface area contributed by atoms with E-state index in [1.165, 1.54) is 0 Å². The van der Waals surface area contributed by atoms with Gasteiger partial charge in [0, 0.05) is 4.50 Å². The van der Waals surface area contributed by atoms with Gasteiger partial charge in [0.25, 0.3) is 0 Å². The quantitative estimate of drug-likeness (QED) is 0.331. The second kappa shape index (κ2) is 2.33. The van der Waals surface area contributed by atoms with Gasteiger partial charge in [0.05, 0.1) is 0 Å². The smallest absolute Gasteiger partial charge is 0.121 e. The normalized spacial score (nSPS) is 14.0. The Hall–Kier alpha value is 0.987. The number of alkyl halides is 1. The number of rotatable bonds is 1. The maximum Gasteiger partial charge on any atom is 0.121 e. The Kier molecular flexibility index (Phi) is 2.72. The zero-order valence-corrected chi connectivity index (χ0v) is 7.72. The minimum absolute atomic E-state index is 0.0694. The van der Waals surface area contributed by atoms with Crippen molar-refractivity contribution < 1.29 is 0 Å². The predicted molar refractivity (Wildman–Crippen MR) is 37.4 cm³/mol. The Labute approximate surface area is 53.7 Å². The summed E-state index contributed by atoms with van der Waals surface area (Å²) < 4.78 is 0.0694. The van der Waals surface area contributed by atoms with Crippen LogP contribution in [0.2, 0.25) is 0 Å². The van der Waals surface area contributed by atoms with Crippen LogP contribution < -0.4 is 0 Å². The van der Waals surface area contributed by atoms with Crippen LogP contribution in [0.3, 0.4) is 0 Å². The fraction of sp³-hybridized carbons (Fsp3) is 1.00. The molecule has 0 aromatic rings. The fourth-order valence-electron chi connectivity index (χ4n) is 0. The van der Waals surface area contributed by atoms with E-state index in [2.05, 4.69) is 15.3 Å². The highest BCUT2D eigenvalue weighted by Gasteiger charge is 2.09. The molecule has 0 aliphatic carbocycles. The molecule has 6 heavy (non-hydrogen) atoms. The van der Waals surface area contributed by atoms with Gasteiger partial charge in [-0.15, -0.1) is 26.9 Å². The van der Waals surface area contributed by atoms with Crippen molar-refractivity contribution in [3.05, 3.63) is 0 Å². The first kappa shape index (κ1) is 6.99. The van der Waals surface area contributed by atoms with Crippen molar-refractivity contribution in [2.24, 2.45) is 0 Å². The van der Waals surface area contributed by atoms with Crippen molar-refractivity contribution in [1.29, 1.82) is 0 Å². The van der Waals surface area contributed by atoms with Crippen LogP contribution in [-0.4, -0.2) is 12.6 Å². The van der Waals surface area contributed by atoms with Gasteiger partial charge in [-0.05, 0) is 13.8 Å². The van der Waals surface area contributed by atoms with Crippen molar-refractivity contribution in [2.75, 3.05) is 0 Å². The van der Waals surface area contributed by atoms with Gasteiger partial charge >= 0.3 is 0 Å². The van der Waals surface area contributed by atoms with Gasteiger partial charge in [0.15, 0.2) is 0 Å². The molecule has 0 fully saturated rings. The van der Waals surface area contributed by atoms with Gasteiger partial charge in [-0.3, -0.25) is 0 Å². The molecule has 0 heterocycles. The lowest BCUT2D eigenvalue weighted by molar-refractivity contribution is 0.990. The Bertz CT molecular complexity index is 40.5. The molecule has 0 radical (unpaired) electrons. The summed E-state index contributed by atoms with van der Waals surface area (Å²) in [7, 11) is -0.170. The Morgan fingerprint density at radius 3 is 1.83 bits per heavy atom. The molecule has 0 aromatic carbocycles. The molecule has 0 rings (SSSR count). The van der Waals surface area contributed by atoms with E-state index in [1.54, 1.807) is 0 Å². The first-order valence-electron chi connectivity index (χ1n) is 1.81. The summed E-state index contributed by atoms with van der Waals surface area (Å²) in [5.41, 5.74) is 0. The third-order valence-corrected chi connectivity index (χ3v) is 6.53. The van der Waals surface area contributed by atoms with Crippen LogP contribution in [0.4, 0.5) is 0 Å². The van der Waals surface area contributed by atoms with Gasteiger partial charge in [-0.25, -0.2) is 0 Å². The molecule has 0 amide bonds.